The van der Waals surface area contributed by atoms with Crippen molar-refractivity contribution in [2.24, 2.45) is 0 Å². The van der Waals surface area contributed by atoms with Gasteiger partial charge in [0.1, 0.15) is 16.3 Å². The molecule has 0 atom stereocenters. The fourth-order valence-electron chi connectivity index (χ4n) is 1.11. The first-order valence-corrected chi connectivity index (χ1v) is 4.49. The molecule has 3 nitrogen and oxygen atoms in total. The van der Waals surface area contributed by atoms with E-state index in [9.17, 15) is 0 Å². The Kier molecular flexibility index (Phi) is 1.84. The number of anilines is 1. The molecule has 1 aromatic heterocycles. The number of nitrogens with zero attached hydrogens (tertiary/aromatic N) is 1. The molecule has 1 aliphatic rings. The summed E-state index contributed by atoms with van der Waals surface area (Å²) in [6.45, 7) is 1.91. The minimum Gasteiger partial charge on any atom is -0.369 e. The molecule has 12 heavy (non-hydrogen) atoms. The van der Waals surface area contributed by atoms with Gasteiger partial charge >= 0.3 is 0 Å². The number of hydrogen-bond acceptors (Lipinski definition) is 3. The Morgan fingerprint density at radius 3 is 3.00 bits per heavy atom. The second-order valence-corrected chi connectivity index (χ2v) is 3.56. The zero-order valence-electron chi connectivity index (χ0n) is 6.92. The summed E-state index contributed by atoms with van der Waals surface area (Å²) >= 11 is 4.99. The van der Waals surface area contributed by atoms with Gasteiger partial charge in [0, 0.05) is 12.1 Å². The van der Waals surface area contributed by atoms with Gasteiger partial charge in [-0.05, 0) is 19.8 Å². The van der Waals surface area contributed by atoms with E-state index in [-0.39, 0.29) is 0 Å². The van der Waals surface area contributed by atoms with Gasteiger partial charge in [-0.1, -0.05) is 12.2 Å². The van der Waals surface area contributed by atoms with Crippen LogP contribution in [0.25, 0.3) is 0 Å². The highest BCUT2D eigenvalue weighted by molar-refractivity contribution is 7.71. The summed E-state index contributed by atoms with van der Waals surface area (Å²) in [5.74, 6) is 1.86. The van der Waals surface area contributed by atoms with E-state index < -0.39 is 0 Å². The molecule has 4 heteroatoms. The molecule has 1 aromatic rings. The summed E-state index contributed by atoms with van der Waals surface area (Å²) in [5, 5.41) is 3.34. The first-order valence-electron chi connectivity index (χ1n) is 4.08. The number of aromatic nitrogens is 2. The largest absolute Gasteiger partial charge is 0.369 e. The molecule has 0 unspecified atom stereocenters. The average Bonchev–Trinajstić information content (AvgIpc) is 2.68. The van der Waals surface area contributed by atoms with Gasteiger partial charge in [-0.2, -0.15) is 0 Å². The molecule has 1 fully saturated rings. The van der Waals surface area contributed by atoms with Crippen LogP contribution in [-0.4, -0.2) is 16.0 Å². The van der Waals surface area contributed by atoms with Crippen molar-refractivity contribution in [2.45, 2.75) is 25.8 Å². The summed E-state index contributed by atoms with van der Waals surface area (Å²) in [6, 6.07) is 2.51. The minimum absolute atomic E-state index is 0.648. The maximum absolute atomic E-state index is 4.99. The third kappa shape index (κ3) is 1.82. The Labute approximate surface area is 76.2 Å². The van der Waals surface area contributed by atoms with E-state index in [1.54, 1.807) is 0 Å². The summed E-state index contributed by atoms with van der Waals surface area (Å²) in [7, 11) is 0. The number of hydrogen-bond donors (Lipinski definition) is 2. The van der Waals surface area contributed by atoms with E-state index in [2.05, 4.69) is 15.3 Å². The standard InChI is InChI=1S/C8H11N3S/c1-5-9-7(4-8(12)10-5)11-6-2-3-6/h4,6H,2-3H2,1H3,(H2,9,10,11,12). The van der Waals surface area contributed by atoms with Crippen molar-refractivity contribution >= 4 is 18.0 Å². The molecule has 0 aliphatic heterocycles. The van der Waals surface area contributed by atoms with Crippen LogP contribution in [0.15, 0.2) is 6.07 Å². The van der Waals surface area contributed by atoms with Crippen LogP contribution < -0.4 is 5.32 Å². The molecular weight excluding hydrogens is 170 g/mol. The number of aryl methyl sites for hydroxylation is 1. The predicted molar refractivity (Wildman–Crippen MR) is 50.8 cm³/mol. The van der Waals surface area contributed by atoms with E-state index in [0.29, 0.717) is 10.7 Å². The van der Waals surface area contributed by atoms with Gasteiger partial charge in [0.25, 0.3) is 0 Å². The third-order valence-corrected chi connectivity index (χ3v) is 2.01. The van der Waals surface area contributed by atoms with Gasteiger partial charge in [-0.3, -0.25) is 0 Å². The first-order chi connectivity index (χ1) is 5.74. The minimum atomic E-state index is 0.648. The van der Waals surface area contributed by atoms with E-state index >= 15 is 0 Å². The zero-order chi connectivity index (χ0) is 8.55. The molecule has 2 rings (SSSR count). The smallest absolute Gasteiger partial charge is 0.131 e. The number of aromatic amines is 1. The van der Waals surface area contributed by atoms with E-state index in [1.807, 2.05) is 13.0 Å². The Balaban J connectivity index is 2.23. The third-order valence-electron chi connectivity index (χ3n) is 1.80. The van der Waals surface area contributed by atoms with Gasteiger partial charge in [0.2, 0.25) is 0 Å². The molecule has 0 amide bonds. The van der Waals surface area contributed by atoms with Crippen LogP contribution in [0.3, 0.4) is 0 Å². The molecule has 1 heterocycles. The Bertz CT molecular complexity index is 340. The Morgan fingerprint density at radius 1 is 1.67 bits per heavy atom. The van der Waals surface area contributed by atoms with Crippen LogP contribution in [0.4, 0.5) is 5.82 Å². The molecule has 0 radical (unpaired) electrons. The van der Waals surface area contributed by atoms with E-state index in [1.165, 1.54) is 12.8 Å². The van der Waals surface area contributed by atoms with Crippen molar-refractivity contribution in [3.63, 3.8) is 0 Å². The van der Waals surface area contributed by atoms with Gasteiger partial charge in [-0.25, -0.2) is 4.98 Å². The van der Waals surface area contributed by atoms with Gasteiger partial charge in [0.15, 0.2) is 0 Å². The lowest BCUT2D eigenvalue weighted by atomic mass is 10.5. The van der Waals surface area contributed by atoms with Crippen molar-refractivity contribution in [1.29, 1.82) is 0 Å². The molecule has 64 valence electrons. The SMILES string of the molecule is Cc1nc(=S)cc(NC2CC2)[nH]1. The second kappa shape index (κ2) is 2.86. The van der Waals surface area contributed by atoms with Crippen LogP contribution in [-0.2, 0) is 0 Å². The highest BCUT2D eigenvalue weighted by atomic mass is 32.1. The predicted octanol–water partition coefficient (Wildman–Crippen LogP) is 2.02. The van der Waals surface area contributed by atoms with Crippen molar-refractivity contribution in [1.82, 2.24) is 9.97 Å². The molecular formula is C8H11N3S. The highest BCUT2D eigenvalue weighted by Gasteiger charge is 2.20. The lowest BCUT2D eigenvalue weighted by Crippen LogP contribution is -2.04. The van der Waals surface area contributed by atoms with Crippen LogP contribution in [0.5, 0.6) is 0 Å². The fraction of sp³-hybridized carbons (Fsp3) is 0.500. The maximum atomic E-state index is 4.99. The topological polar surface area (TPSA) is 40.7 Å². The zero-order valence-corrected chi connectivity index (χ0v) is 7.74. The van der Waals surface area contributed by atoms with Crippen molar-refractivity contribution in [3.05, 3.63) is 16.5 Å². The number of rotatable bonds is 2. The average molecular weight is 181 g/mol. The molecule has 1 aliphatic carbocycles. The van der Waals surface area contributed by atoms with Crippen molar-refractivity contribution in [2.75, 3.05) is 5.32 Å². The molecule has 2 N–H and O–H groups in total. The maximum Gasteiger partial charge on any atom is 0.131 e. The van der Waals surface area contributed by atoms with Crippen LogP contribution >= 0.6 is 12.2 Å². The summed E-state index contributed by atoms with van der Waals surface area (Å²) in [4.78, 5) is 7.21. The molecule has 0 aromatic carbocycles. The molecule has 0 bridgehead atoms. The Hall–Kier alpha value is -0.900. The summed E-state index contributed by atoms with van der Waals surface area (Å²) in [5.41, 5.74) is 0. The molecule has 0 spiro atoms. The van der Waals surface area contributed by atoms with Gasteiger partial charge < -0.3 is 10.3 Å². The lowest BCUT2D eigenvalue weighted by Gasteiger charge is -2.04. The summed E-state index contributed by atoms with van der Waals surface area (Å²) < 4.78 is 0.648. The highest BCUT2D eigenvalue weighted by Crippen LogP contribution is 2.23. The van der Waals surface area contributed by atoms with Crippen molar-refractivity contribution in [3.8, 4) is 0 Å². The van der Waals surface area contributed by atoms with Gasteiger partial charge in [-0.15, -0.1) is 0 Å². The molecule has 0 saturated heterocycles. The van der Waals surface area contributed by atoms with E-state index in [4.69, 9.17) is 12.2 Å². The van der Waals surface area contributed by atoms with Crippen LogP contribution in [0.1, 0.15) is 18.7 Å². The monoisotopic (exact) mass is 181 g/mol. The lowest BCUT2D eigenvalue weighted by molar-refractivity contribution is 1.01. The van der Waals surface area contributed by atoms with Crippen LogP contribution in [0.2, 0.25) is 0 Å². The molecule has 1 saturated carbocycles. The second-order valence-electron chi connectivity index (χ2n) is 3.14. The first kappa shape index (κ1) is 7.73. The number of H-pyrrole nitrogens is 1. The summed E-state index contributed by atoms with van der Waals surface area (Å²) in [6.07, 6.45) is 2.53. The van der Waals surface area contributed by atoms with Gasteiger partial charge in [0.05, 0.1) is 0 Å². The normalized spacial score (nSPS) is 16.1. The quantitative estimate of drug-likeness (QED) is 0.686. The fourth-order valence-corrected chi connectivity index (χ4v) is 1.36. The number of nitrogens with one attached hydrogen (secondary N) is 2. The van der Waals surface area contributed by atoms with Crippen LogP contribution in [0, 0.1) is 11.6 Å². The van der Waals surface area contributed by atoms with E-state index in [0.717, 1.165) is 11.6 Å². The Morgan fingerprint density at radius 2 is 2.42 bits per heavy atom. The van der Waals surface area contributed by atoms with Crippen molar-refractivity contribution < 1.29 is 0 Å².